The molecule has 24 heavy (non-hydrogen) atoms. The molecule has 0 aromatic heterocycles. The summed E-state index contributed by atoms with van der Waals surface area (Å²) in [5, 5.41) is 2.43. The normalized spacial score (nSPS) is 25.8. The Morgan fingerprint density at radius 1 is 1.00 bits per heavy atom. The van der Waals surface area contributed by atoms with Crippen LogP contribution in [-0.4, -0.2) is 18.4 Å². The van der Waals surface area contributed by atoms with Crippen molar-refractivity contribution < 1.29 is 14.3 Å². The molecule has 3 nitrogen and oxygen atoms in total. The number of benzene rings is 2. The first kappa shape index (κ1) is 15.4. The predicted molar refractivity (Wildman–Crippen MR) is 92.6 cm³/mol. The summed E-state index contributed by atoms with van der Waals surface area (Å²) in [6, 6.07) is 14.6. The second-order valence-electron chi connectivity index (χ2n) is 7.14. The highest BCUT2D eigenvalue weighted by Crippen LogP contribution is 2.42. The lowest BCUT2D eigenvalue weighted by molar-refractivity contribution is -0.151. The number of rotatable bonds is 4. The minimum Gasteiger partial charge on any atom is -0.465 e. The first-order chi connectivity index (χ1) is 11.7. The van der Waals surface area contributed by atoms with Gasteiger partial charge in [-0.1, -0.05) is 42.5 Å². The van der Waals surface area contributed by atoms with Gasteiger partial charge in [0, 0.05) is 18.3 Å². The van der Waals surface area contributed by atoms with Gasteiger partial charge in [-0.25, -0.2) is 0 Å². The quantitative estimate of drug-likeness (QED) is 0.801. The van der Waals surface area contributed by atoms with Gasteiger partial charge < -0.3 is 4.74 Å². The third-order valence-corrected chi connectivity index (χ3v) is 5.59. The second kappa shape index (κ2) is 6.39. The van der Waals surface area contributed by atoms with Crippen molar-refractivity contribution in [3.63, 3.8) is 0 Å². The summed E-state index contributed by atoms with van der Waals surface area (Å²) in [4.78, 5) is 24.2. The van der Waals surface area contributed by atoms with E-state index in [2.05, 4.69) is 30.3 Å². The Labute approximate surface area is 142 Å². The Bertz CT molecular complexity index is 764. The molecular weight excluding hydrogens is 300 g/mol. The fourth-order valence-electron chi connectivity index (χ4n) is 4.25. The summed E-state index contributed by atoms with van der Waals surface area (Å²) in [7, 11) is 0. The van der Waals surface area contributed by atoms with Crippen LogP contribution in [0.1, 0.15) is 31.2 Å². The molecule has 0 amide bonds. The highest BCUT2D eigenvalue weighted by atomic mass is 16.5. The highest BCUT2D eigenvalue weighted by Gasteiger charge is 2.44. The van der Waals surface area contributed by atoms with Crippen LogP contribution in [0.2, 0.25) is 0 Å². The summed E-state index contributed by atoms with van der Waals surface area (Å²) >= 11 is 0. The van der Waals surface area contributed by atoms with Crippen molar-refractivity contribution in [1.82, 2.24) is 0 Å². The van der Waals surface area contributed by atoms with E-state index in [9.17, 15) is 9.59 Å². The molecular formula is C21H22O3. The maximum Gasteiger partial charge on any atom is 0.308 e. The van der Waals surface area contributed by atoms with Crippen LogP contribution >= 0.6 is 0 Å². The molecule has 2 bridgehead atoms. The third-order valence-electron chi connectivity index (χ3n) is 5.59. The van der Waals surface area contributed by atoms with Gasteiger partial charge >= 0.3 is 5.97 Å². The number of esters is 1. The van der Waals surface area contributed by atoms with Crippen LogP contribution in [0.25, 0.3) is 10.8 Å². The van der Waals surface area contributed by atoms with Crippen LogP contribution in [0.5, 0.6) is 0 Å². The molecule has 124 valence electrons. The van der Waals surface area contributed by atoms with Crippen LogP contribution in [0, 0.1) is 17.8 Å². The number of carbonyl (C=O) groups is 2. The van der Waals surface area contributed by atoms with Crippen molar-refractivity contribution in [2.24, 2.45) is 17.8 Å². The molecule has 0 N–H and O–H groups in total. The Balaban J connectivity index is 1.32. The van der Waals surface area contributed by atoms with E-state index in [1.54, 1.807) is 0 Å². The van der Waals surface area contributed by atoms with E-state index in [1.165, 1.54) is 16.3 Å². The Morgan fingerprint density at radius 3 is 2.46 bits per heavy atom. The molecule has 2 aliphatic carbocycles. The largest absolute Gasteiger partial charge is 0.465 e. The monoisotopic (exact) mass is 322 g/mol. The molecule has 0 aliphatic heterocycles. The fraction of sp³-hybridized carbons (Fsp3) is 0.429. The number of hydrogen-bond donors (Lipinski definition) is 0. The number of ketones is 1. The second-order valence-corrected chi connectivity index (χ2v) is 7.14. The van der Waals surface area contributed by atoms with E-state index in [1.807, 2.05) is 12.1 Å². The Kier molecular flexibility index (Phi) is 4.09. The Hall–Kier alpha value is -2.16. The molecule has 0 spiro atoms. The van der Waals surface area contributed by atoms with E-state index >= 15 is 0 Å². The zero-order valence-electron chi connectivity index (χ0n) is 13.7. The molecule has 2 unspecified atom stereocenters. The minimum absolute atomic E-state index is 0.0724. The fourth-order valence-corrected chi connectivity index (χ4v) is 4.25. The van der Waals surface area contributed by atoms with E-state index in [4.69, 9.17) is 4.74 Å². The van der Waals surface area contributed by atoms with Gasteiger partial charge in [-0.2, -0.15) is 0 Å². The third kappa shape index (κ3) is 2.95. The van der Waals surface area contributed by atoms with Crippen molar-refractivity contribution in [2.75, 3.05) is 6.61 Å². The van der Waals surface area contributed by atoms with E-state index in [-0.39, 0.29) is 23.7 Å². The van der Waals surface area contributed by atoms with Gasteiger partial charge in [0.05, 0.1) is 12.5 Å². The van der Waals surface area contributed by atoms with Crippen molar-refractivity contribution >= 4 is 22.5 Å². The summed E-state index contributed by atoms with van der Waals surface area (Å²) in [5.41, 5.74) is 1.18. The van der Waals surface area contributed by atoms with Gasteiger partial charge in [0.25, 0.3) is 0 Å². The van der Waals surface area contributed by atoms with Crippen LogP contribution in [0.3, 0.4) is 0 Å². The van der Waals surface area contributed by atoms with E-state index < -0.39 is 0 Å². The van der Waals surface area contributed by atoms with Crippen LogP contribution in [0.4, 0.5) is 0 Å². The first-order valence-corrected chi connectivity index (χ1v) is 8.89. The minimum atomic E-state index is -0.111. The zero-order valence-corrected chi connectivity index (χ0v) is 13.7. The number of fused-ring (bicyclic) bond motifs is 3. The molecule has 4 rings (SSSR count). The maximum atomic E-state index is 12.3. The average Bonchev–Trinajstić information content (AvgIpc) is 2.82. The summed E-state index contributed by atoms with van der Waals surface area (Å²) in [5.74, 6) is 0.427. The van der Waals surface area contributed by atoms with E-state index in [0.717, 1.165) is 19.3 Å². The lowest BCUT2D eigenvalue weighted by atomic mass is 9.80. The molecule has 2 saturated carbocycles. The van der Waals surface area contributed by atoms with Gasteiger partial charge in [0.1, 0.15) is 5.78 Å². The first-order valence-electron chi connectivity index (χ1n) is 8.89. The van der Waals surface area contributed by atoms with Crippen molar-refractivity contribution in [2.45, 2.75) is 32.1 Å². The lowest BCUT2D eigenvalue weighted by Crippen LogP contribution is -2.31. The van der Waals surface area contributed by atoms with Gasteiger partial charge in [0.2, 0.25) is 0 Å². The summed E-state index contributed by atoms with van der Waals surface area (Å²) in [6.45, 7) is 0.414. The molecule has 2 aliphatic rings. The van der Waals surface area contributed by atoms with Gasteiger partial charge in [-0.3, -0.25) is 9.59 Å². The molecule has 2 aromatic rings. The van der Waals surface area contributed by atoms with Gasteiger partial charge in [-0.15, -0.1) is 0 Å². The molecule has 2 atom stereocenters. The number of hydrogen-bond acceptors (Lipinski definition) is 3. The van der Waals surface area contributed by atoms with Crippen LogP contribution in [-0.2, 0) is 20.7 Å². The van der Waals surface area contributed by atoms with Gasteiger partial charge in [0.15, 0.2) is 0 Å². The van der Waals surface area contributed by atoms with Crippen LogP contribution in [0.15, 0.2) is 42.5 Å². The number of ether oxygens (including phenoxy) is 1. The zero-order chi connectivity index (χ0) is 16.5. The SMILES string of the molecule is O=C(OCCc1ccc2ccccc2c1)C1CC2CCC(C1)C2=O. The van der Waals surface area contributed by atoms with Crippen molar-refractivity contribution in [1.29, 1.82) is 0 Å². The highest BCUT2D eigenvalue weighted by molar-refractivity contribution is 5.88. The van der Waals surface area contributed by atoms with Crippen LogP contribution < -0.4 is 0 Å². The molecule has 0 saturated heterocycles. The smallest absolute Gasteiger partial charge is 0.308 e. The standard InChI is InChI=1S/C21H22O3/c22-20-17-7-8-18(20)13-19(12-17)21(23)24-10-9-14-5-6-15-3-1-2-4-16(15)11-14/h1-6,11,17-19H,7-10,12-13H2. The molecule has 3 heteroatoms. The molecule has 2 aromatic carbocycles. The number of Topliss-reactive ketones (excluding diaryl/α,β-unsaturated/α-hetero) is 1. The average molecular weight is 322 g/mol. The van der Waals surface area contributed by atoms with Gasteiger partial charge in [-0.05, 0) is 42.0 Å². The van der Waals surface area contributed by atoms with E-state index in [0.29, 0.717) is 25.2 Å². The Morgan fingerprint density at radius 2 is 1.71 bits per heavy atom. The topological polar surface area (TPSA) is 43.4 Å². The maximum absolute atomic E-state index is 12.3. The molecule has 0 radical (unpaired) electrons. The summed E-state index contributed by atoms with van der Waals surface area (Å²) < 4.78 is 5.51. The van der Waals surface area contributed by atoms with Crippen molar-refractivity contribution in [3.8, 4) is 0 Å². The van der Waals surface area contributed by atoms with Crippen molar-refractivity contribution in [3.05, 3.63) is 48.0 Å². The molecule has 0 heterocycles. The lowest BCUT2D eigenvalue weighted by Gasteiger charge is -2.25. The predicted octanol–water partition coefficient (Wildman–Crippen LogP) is 3.93. The number of carbonyl (C=O) groups excluding carboxylic acids is 2. The molecule has 2 fully saturated rings. The summed E-state index contributed by atoms with van der Waals surface area (Å²) in [6.07, 6.45) is 4.05.